The second kappa shape index (κ2) is 6.27. The van der Waals surface area contributed by atoms with E-state index in [0.717, 1.165) is 25.1 Å². The van der Waals surface area contributed by atoms with Crippen molar-refractivity contribution in [2.24, 2.45) is 11.8 Å². The monoisotopic (exact) mass is 278 g/mol. The predicted octanol–water partition coefficient (Wildman–Crippen LogP) is 2.60. The van der Waals surface area contributed by atoms with Gasteiger partial charge in [0.1, 0.15) is 5.82 Å². The lowest BCUT2D eigenvalue weighted by Gasteiger charge is -2.30. The van der Waals surface area contributed by atoms with Crippen molar-refractivity contribution in [2.75, 3.05) is 0 Å². The summed E-state index contributed by atoms with van der Waals surface area (Å²) >= 11 is 0. The number of aliphatic hydroxyl groups is 2. The Balaban J connectivity index is 1.69. The summed E-state index contributed by atoms with van der Waals surface area (Å²) in [6.45, 7) is 0. The van der Waals surface area contributed by atoms with Gasteiger partial charge in [0.15, 0.2) is 0 Å². The Hall–Kier alpha value is -0.870. The number of hydrogen-bond acceptors (Lipinski definition) is 3. The van der Waals surface area contributed by atoms with Gasteiger partial charge in [-0.2, -0.15) is 0 Å². The molecule has 1 aromatic rings. The molecule has 4 heteroatoms. The number of nitrogens with zero attached hydrogens (tertiary/aromatic N) is 1. The average molecular weight is 278 g/mol. The molecule has 3 N–H and O–H groups in total. The first-order chi connectivity index (χ1) is 9.75. The molecule has 0 unspecified atom stereocenters. The number of H-pyrrole nitrogens is 1. The lowest BCUT2D eigenvalue weighted by atomic mass is 9.79. The minimum Gasteiger partial charge on any atom is -0.390 e. The van der Waals surface area contributed by atoms with Crippen LogP contribution in [0, 0.1) is 11.8 Å². The third-order valence-corrected chi connectivity index (χ3v) is 5.05. The van der Waals surface area contributed by atoms with Crippen molar-refractivity contribution in [3.05, 3.63) is 18.2 Å². The van der Waals surface area contributed by atoms with Gasteiger partial charge in [-0.25, -0.2) is 4.98 Å². The minimum atomic E-state index is -0.685. The molecule has 0 radical (unpaired) electrons. The zero-order chi connectivity index (χ0) is 13.9. The van der Waals surface area contributed by atoms with Gasteiger partial charge in [0.05, 0.1) is 12.2 Å². The smallest absolute Gasteiger partial charge is 0.111 e. The highest BCUT2D eigenvalue weighted by molar-refractivity contribution is 5.04. The van der Waals surface area contributed by atoms with Crippen molar-refractivity contribution in [1.29, 1.82) is 0 Å². The summed E-state index contributed by atoms with van der Waals surface area (Å²) < 4.78 is 0. The molecule has 0 saturated heterocycles. The molecule has 20 heavy (non-hydrogen) atoms. The molecule has 0 spiro atoms. The molecule has 1 heterocycles. The number of aliphatic hydroxyl groups excluding tert-OH is 2. The number of hydrogen-bond donors (Lipinski definition) is 3. The molecule has 2 aliphatic carbocycles. The van der Waals surface area contributed by atoms with E-state index in [9.17, 15) is 10.2 Å². The quantitative estimate of drug-likeness (QED) is 0.749. The van der Waals surface area contributed by atoms with Gasteiger partial charge >= 0.3 is 0 Å². The van der Waals surface area contributed by atoms with E-state index in [-0.39, 0.29) is 5.92 Å². The molecule has 112 valence electrons. The maximum Gasteiger partial charge on any atom is 0.111 e. The van der Waals surface area contributed by atoms with E-state index in [1.54, 1.807) is 12.4 Å². The van der Waals surface area contributed by atoms with Crippen molar-refractivity contribution in [3.8, 4) is 0 Å². The third kappa shape index (κ3) is 3.23. The molecule has 0 aliphatic heterocycles. The first kappa shape index (κ1) is 14.1. The number of imidazole rings is 1. The molecule has 4 nitrogen and oxygen atoms in total. The fourth-order valence-corrected chi connectivity index (χ4v) is 3.63. The van der Waals surface area contributed by atoms with E-state index in [0.29, 0.717) is 11.8 Å². The molecular weight excluding hydrogens is 252 g/mol. The molecule has 3 rings (SSSR count). The van der Waals surface area contributed by atoms with Gasteiger partial charge in [-0.15, -0.1) is 0 Å². The fourth-order valence-electron chi connectivity index (χ4n) is 3.63. The van der Waals surface area contributed by atoms with Crippen molar-refractivity contribution < 1.29 is 10.2 Å². The van der Waals surface area contributed by atoms with Crippen molar-refractivity contribution >= 4 is 0 Å². The summed E-state index contributed by atoms with van der Waals surface area (Å²) in [7, 11) is 0. The van der Waals surface area contributed by atoms with Gasteiger partial charge in [-0.05, 0) is 31.1 Å². The standard InChI is InChI=1S/C16H26N2O2/c19-14(12-6-7-12)15(20)13(16-17-8-9-18-16)10-11-4-2-1-3-5-11/h8-9,11-15,19-20H,1-7,10H2,(H,17,18)/t13-,14+,15-/m1/s1. The summed E-state index contributed by atoms with van der Waals surface area (Å²) in [5, 5.41) is 20.8. The van der Waals surface area contributed by atoms with Crippen LogP contribution in [0.1, 0.15) is 63.1 Å². The molecule has 2 fully saturated rings. The van der Waals surface area contributed by atoms with Crippen LogP contribution < -0.4 is 0 Å². The third-order valence-electron chi connectivity index (χ3n) is 5.05. The van der Waals surface area contributed by atoms with Gasteiger partial charge in [-0.3, -0.25) is 0 Å². The lowest BCUT2D eigenvalue weighted by Crippen LogP contribution is -2.35. The zero-order valence-corrected chi connectivity index (χ0v) is 12.0. The molecule has 2 saturated carbocycles. The normalized spacial score (nSPS) is 25.3. The Bertz CT molecular complexity index is 397. The summed E-state index contributed by atoms with van der Waals surface area (Å²) in [4.78, 5) is 7.48. The van der Waals surface area contributed by atoms with Gasteiger partial charge in [0, 0.05) is 18.3 Å². The van der Waals surface area contributed by atoms with E-state index in [4.69, 9.17) is 0 Å². The predicted molar refractivity (Wildman–Crippen MR) is 77.3 cm³/mol. The number of aromatic amines is 1. The van der Waals surface area contributed by atoms with E-state index < -0.39 is 12.2 Å². The molecule has 3 atom stereocenters. The average Bonchev–Trinajstić information content (AvgIpc) is 3.20. The number of aromatic nitrogens is 2. The molecule has 0 aromatic carbocycles. The number of nitrogens with one attached hydrogen (secondary N) is 1. The second-order valence-electron chi connectivity index (χ2n) is 6.64. The first-order valence-electron chi connectivity index (χ1n) is 8.11. The van der Waals surface area contributed by atoms with Crippen LogP contribution in [-0.4, -0.2) is 32.4 Å². The van der Waals surface area contributed by atoms with Gasteiger partial charge < -0.3 is 15.2 Å². The van der Waals surface area contributed by atoms with E-state index in [1.807, 2.05) is 0 Å². The van der Waals surface area contributed by atoms with Crippen LogP contribution in [0.2, 0.25) is 0 Å². The summed E-state index contributed by atoms with van der Waals surface area (Å²) in [5.74, 6) is 1.75. The number of rotatable bonds is 6. The Morgan fingerprint density at radius 3 is 2.50 bits per heavy atom. The molecule has 0 bridgehead atoms. The fraction of sp³-hybridized carbons (Fsp3) is 0.812. The van der Waals surface area contributed by atoms with Crippen molar-refractivity contribution in [3.63, 3.8) is 0 Å². The topological polar surface area (TPSA) is 69.1 Å². The van der Waals surface area contributed by atoms with Crippen LogP contribution in [0.4, 0.5) is 0 Å². The van der Waals surface area contributed by atoms with E-state index >= 15 is 0 Å². The Kier molecular flexibility index (Phi) is 4.41. The maximum atomic E-state index is 10.6. The minimum absolute atomic E-state index is 0.0521. The van der Waals surface area contributed by atoms with Crippen molar-refractivity contribution in [1.82, 2.24) is 9.97 Å². The van der Waals surface area contributed by atoms with E-state index in [2.05, 4.69) is 9.97 Å². The van der Waals surface area contributed by atoms with E-state index in [1.165, 1.54) is 32.1 Å². The Morgan fingerprint density at radius 1 is 1.15 bits per heavy atom. The Labute approximate surface area is 120 Å². The maximum absolute atomic E-state index is 10.6. The highest BCUT2D eigenvalue weighted by atomic mass is 16.3. The summed E-state index contributed by atoms with van der Waals surface area (Å²) in [6.07, 6.45) is 11.8. The first-order valence-corrected chi connectivity index (χ1v) is 8.11. The molecule has 1 aromatic heterocycles. The van der Waals surface area contributed by atoms with Crippen LogP contribution in [0.25, 0.3) is 0 Å². The van der Waals surface area contributed by atoms with Crippen LogP contribution in [0.15, 0.2) is 12.4 Å². The zero-order valence-electron chi connectivity index (χ0n) is 12.0. The van der Waals surface area contributed by atoms with Crippen LogP contribution in [0.5, 0.6) is 0 Å². The highest BCUT2D eigenvalue weighted by Gasteiger charge is 2.39. The van der Waals surface area contributed by atoms with Crippen LogP contribution in [0.3, 0.4) is 0 Å². The summed E-state index contributed by atoms with van der Waals surface area (Å²) in [5.41, 5.74) is 0. The van der Waals surface area contributed by atoms with Crippen LogP contribution in [-0.2, 0) is 0 Å². The summed E-state index contributed by atoms with van der Waals surface area (Å²) in [6, 6.07) is 0. The second-order valence-corrected chi connectivity index (χ2v) is 6.64. The molecule has 2 aliphatic rings. The lowest BCUT2D eigenvalue weighted by molar-refractivity contribution is -0.0167. The molecular formula is C16H26N2O2. The largest absolute Gasteiger partial charge is 0.390 e. The Morgan fingerprint density at radius 2 is 1.90 bits per heavy atom. The highest BCUT2D eigenvalue weighted by Crippen LogP contribution is 2.40. The van der Waals surface area contributed by atoms with Gasteiger partial charge in [0.2, 0.25) is 0 Å². The van der Waals surface area contributed by atoms with Gasteiger partial charge in [0.25, 0.3) is 0 Å². The SMILES string of the molecule is O[C@H]([C@@H](CC1CCCCC1)c1ncc[nH]1)[C@@H](O)C1CC1. The molecule has 0 amide bonds. The van der Waals surface area contributed by atoms with Crippen LogP contribution >= 0.6 is 0 Å². The van der Waals surface area contributed by atoms with Crippen molar-refractivity contribution in [2.45, 2.75) is 69.5 Å². The van der Waals surface area contributed by atoms with Gasteiger partial charge in [-0.1, -0.05) is 32.1 Å².